The lowest BCUT2D eigenvalue weighted by Gasteiger charge is -2.26. The monoisotopic (exact) mass is 379 g/mol. The van der Waals surface area contributed by atoms with Gasteiger partial charge in [-0.05, 0) is 74.2 Å². The molecule has 0 atom stereocenters. The smallest absolute Gasteiger partial charge is 0.224 e. The second-order valence-corrected chi connectivity index (χ2v) is 7.84. The van der Waals surface area contributed by atoms with E-state index in [1.54, 1.807) is 0 Å². The number of hydrogen-bond donors (Lipinski definition) is 2. The fourth-order valence-electron chi connectivity index (χ4n) is 3.73. The Morgan fingerprint density at radius 2 is 1.75 bits per heavy atom. The molecule has 1 amide bonds. The number of carbonyl (C=O) groups is 1. The Morgan fingerprint density at radius 3 is 2.50 bits per heavy atom. The number of hydrogen-bond acceptors (Lipinski definition) is 3. The Labute approximate surface area is 169 Å². The maximum atomic E-state index is 12.2. The number of carbonyl (C=O) groups excluding carboxylic acids is 1. The SMILES string of the molecule is Cc1cccc(CNc2ccc(CC(=O)NCCN3CCCCC3)cc2)c1C. The van der Waals surface area contributed by atoms with Gasteiger partial charge in [0.05, 0.1) is 6.42 Å². The third-order valence-electron chi connectivity index (χ3n) is 5.72. The topological polar surface area (TPSA) is 44.4 Å². The first-order chi connectivity index (χ1) is 13.6. The van der Waals surface area contributed by atoms with Crippen LogP contribution in [0.1, 0.15) is 41.5 Å². The van der Waals surface area contributed by atoms with Crippen molar-refractivity contribution in [2.45, 2.75) is 46.1 Å². The number of anilines is 1. The van der Waals surface area contributed by atoms with E-state index in [1.807, 2.05) is 12.1 Å². The zero-order chi connectivity index (χ0) is 19.8. The van der Waals surface area contributed by atoms with E-state index in [0.29, 0.717) is 6.42 Å². The number of aryl methyl sites for hydroxylation is 1. The van der Waals surface area contributed by atoms with E-state index in [9.17, 15) is 4.79 Å². The Balaban J connectivity index is 1.41. The molecule has 0 unspecified atom stereocenters. The van der Waals surface area contributed by atoms with E-state index in [4.69, 9.17) is 0 Å². The molecule has 2 aromatic rings. The quantitative estimate of drug-likeness (QED) is 0.727. The largest absolute Gasteiger partial charge is 0.381 e. The number of likely N-dealkylation sites (tertiary alicyclic amines) is 1. The van der Waals surface area contributed by atoms with E-state index in [0.717, 1.165) is 30.9 Å². The lowest BCUT2D eigenvalue weighted by Crippen LogP contribution is -2.38. The van der Waals surface area contributed by atoms with Crippen molar-refractivity contribution in [3.63, 3.8) is 0 Å². The highest BCUT2D eigenvalue weighted by Crippen LogP contribution is 2.16. The number of nitrogens with one attached hydrogen (secondary N) is 2. The molecule has 4 heteroatoms. The van der Waals surface area contributed by atoms with Crippen LogP contribution in [-0.2, 0) is 17.8 Å². The lowest BCUT2D eigenvalue weighted by atomic mass is 10.0. The van der Waals surface area contributed by atoms with Crippen LogP contribution in [0.15, 0.2) is 42.5 Å². The molecule has 1 aliphatic heterocycles. The zero-order valence-electron chi connectivity index (χ0n) is 17.3. The zero-order valence-corrected chi connectivity index (χ0v) is 17.3. The van der Waals surface area contributed by atoms with Crippen LogP contribution in [0.25, 0.3) is 0 Å². The van der Waals surface area contributed by atoms with Gasteiger partial charge in [0.15, 0.2) is 0 Å². The summed E-state index contributed by atoms with van der Waals surface area (Å²) in [6.07, 6.45) is 4.37. The van der Waals surface area contributed by atoms with Crippen LogP contribution in [0.4, 0.5) is 5.69 Å². The van der Waals surface area contributed by atoms with Gasteiger partial charge in [-0.2, -0.15) is 0 Å². The highest BCUT2D eigenvalue weighted by Gasteiger charge is 2.10. The molecule has 0 radical (unpaired) electrons. The summed E-state index contributed by atoms with van der Waals surface area (Å²) in [5.41, 5.74) is 6.11. The second-order valence-electron chi connectivity index (χ2n) is 7.84. The summed E-state index contributed by atoms with van der Waals surface area (Å²) in [5.74, 6) is 0.105. The summed E-state index contributed by atoms with van der Waals surface area (Å²) < 4.78 is 0. The van der Waals surface area contributed by atoms with Gasteiger partial charge in [0, 0.05) is 25.3 Å². The van der Waals surface area contributed by atoms with E-state index in [-0.39, 0.29) is 5.91 Å². The molecule has 0 bridgehead atoms. The van der Waals surface area contributed by atoms with E-state index >= 15 is 0 Å². The van der Waals surface area contributed by atoms with Gasteiger partial charge >= 0.3 is 0 Å². The molecule has 1 heterocycles. The summed E-state index contributed by atoms with van der Waals surface area (Å²) >= 11 is 0. The molecule has 0 saturated carbocycles. The van der Waals surface area contributed by atoms with Crippen LogP contribution < -0.4 is 10.6 Å². The second kappa shape index (κ2) is 10.3. The van der Waals surface area contributed by atoms with Gasteiger partial charge in [-0.15, -0.1) is 0 Å². The first-order valence-electron chi connectivity index (χ1n) is 10.5. The predicted octanol–water partition coefficient (Wildman–Crippen LogP) is 4.06. The van der Waals surface area contributed by atoms with Crippen LogP contribution in [0.3, 0.4) is 0 Å². The van der Waals surface area contributed by atoms with Crippen molar-refractivity contribution in [2.75, 3.05) is 31.5 Å². The van der Waals surface area contributed by atoms with Crippen molar-refractivity contribution in [1.29, 1.82) is 0 Å². The predicted molar refractivity (Wildman–Crippen MR) is 117 cm³/mol. The average Bonchev–Trinajstić information content (AvgIpc) is 2.71. The van der Waals surface area contributed by atoms with Crippen molar-refractivity contribution < 1.29 is 4.79 Å². The summed E-state index contributed by atoms with van der Waals surface area (Å²) in [6, 6.07) is 14.6. The number of benzene rings is 2. The Hall–Kier alpha value is -2.33. The minimum atomic E-state index is 0.105. The highest BCUT2D eigenvalue weighted by atomic mass is 16.1. The van der Waals surface area contributed by atoms with Crippen LogP contribution in [-0.4, -0.2) is 37.0 Å². The number of rotatable bonds is 8. The van der Waals surface area contributed by atoms with Crippen LogP contribution >= 0.6 is 0 Å². The fourth-order valence-corrected chi connectivity index (χ4v) is 3.73. The van der Waals surface area contributed by atoms with Crippen molar-refractivity contribution in [1.82, 2.24) is 10.2 Å². The highest BCUT2D eigenvalue weighted by molar-refractivity contribution is 5.78. The molecule has 1 saturated heterocycles. The number of nitrogens with zero attached hydrogens (tertiary/aromatic N) is 1. The normalized spacial score (nSPS) is 14.6. The van der Waals surface area contributed by atoms with Crippen molar-refractivity contribution in [3.8, 4) is 0 Å². The Morgan fingerprint density at radius 1 is 1.00 bits per heavy atom. The van der Waals surface area contributed by atoms with Gasteiger partial charge in [0.1, 0.15) is 0 Å². The molecule has 2 aromatic carbocycles. The summed E-state index contributed by atoms with van der Waals surface area (Å²) in [5, 5.41) is 6.53. The van der Waals surface area contributed by atoms with Gasteiger partial charge in [0.2, 0.25) is 5.91 Å². The van der Waals surface area contributed by atoms with Crippen molar-refractivity contribution in [2.24, 2.45) is 0 Å². The minimum Gasteiger partial charge on any atom is -0.381 e. The lowest BCUT2D eigenvalue weighted by molar-refractivity contribution is -0.120. The van der Waals surface area contributed by atoms with Gasteiger partial charge in [-0.25, -0.2) is 0 Å². The molecule has 0 aliphatic carbocycles. The van der Waals surface area contributed by atoms with E-state index in [2.05, 4.69) is 59.7 Å². The van der Waals surface area contributed by atoms with E-state index in [1.165, 1.54) is 49.0 Å². The minimum absolute atomic E-state index is 0.105. The molecule has 1 aliphatic rings. The van der Waals surface area contributed by atoms with Crippen LogP contribution in [0, 0.1) is 13.8 Å². The van der Waals surface area contributed by atoms with Gasteiger partial charge in [-0.3, -0.25) is 4.79 Å². The maximum absolute atomic E-state index is 12.2. The molecule has 3 rings (SSSR count). The third kappa shape index (κ3) is 6.10. The van der Waals surface area contributed by atoms with Gasteiger partial charge < -0.3 is 15.5 Å². The number of amides is 1. The summed E-state index contributed by atoms with van der Waals surface area (Å²) in [7, 11) is 0. The molecular weight excluding hydrogens is 346 g/mol. The van der Waals surface area contributed by atoms with Crippen LogP contribution in [0.5, 0.6) is 0 Å². The van der Waals surface area contributed by atoms with Gasteiger partial charge in [0.25, 0.3) is 0 Å². The fraction of sp³-hybridized carbons (Fsp3) is 0.458. The van der Waals surface area contributed by atoms with Crippen molar-refractivity contribution >= 4 is 11.6 Å². The summed E-state index contributed by atoms with van der Waals surface area (Å²) in [6.45, 7) is 9.18. The molecule has 2 N–H and O–H groups in total. The molecule has 28 heavy (non-hydrogen) atoms. The van der Waals surface area contributed by atoms with Crippen LogP contribution in [0.2, 0.25) is 0 Å². The molecule has 1 fully saturated rings. The standard InChI is InChI=1S/C24H33N3O/c1-19-7-6-8-22(20(19)2)18-26-23-11-9-21(10-12-23)17-24(28)25-13-16-27-14-4-3-5-15-27/h6-12,26H,3-5,13-18H2,1-2H3,(H,25,28). The molecule has 0 aromatic heterocycles. The molecule has 0 spiro atoms. The third-order valence-corrected chi connectivity index (χ3v) is 5.72. The van der Waals surface area contributed by atoms with E-state index < -0.39 is 0 Å². The first kappa shape index (κ1) is 20.4. The molecular formula is C24H33N3O. The Bertz CT molecular complexity index is 764. The number of piperidine rings is 1. The summed E-state index contributed by atoms with van der Waals surface area (Å²) in [4.78, 5) is 14.6. The van der Waals surface area contributed by atoms with Crippen molar-refractivity contribution in [3.05, 3.63) is 64.7 Å². The molecule has 4 nitrogen and oxygen atoms in total. The average molecular weight is 380 g/mol. The first-order valence-corrected chi connectivity index (χ1v) is 10.5. The van der Waals surface area contributed by atoms with Gasteiger partial charge in [-0.1, -0.05) is 36.8 Å². The maximum Gasteiger partial charge on any atom is 0.224 e. The molecule has 150 valence electrons. The Kier molecular flexibility index (Phi) is 7.49.